The van der Waals surface area contributed by atoms with Gasteiger partial charge in [-0.15, -0.1) is 0 Å². The third-order valence-corrected chi connectivity index (χ3v) is 3.50. The first-order valence-electron chi connectivity index (χ1n) is 7.19. The zero-order chi connectivity index (χ0) is 17.1. The lowest BCUT2D eigenvalue weighted by atomic mass is 10.2. The van der Waals surface area contributed by atoms with Crippen molar-refractivity contribution in [2.24, 2.45) is 0 Å². The van der Waals surface area contributed by atoms with Crippen molar-refractivity contribution < 1.29 is 14.5 Å². The molecule has 3 aromatic rings. The summed E-state index contributed by atoms with van der Waals surface area (Å²) in [5.41, 5.74) is 2.23. The summed E-state index contributed by atoms with van der Waals surface area (Å²) < 4.78 is 5.19. The van der Waals surface area contributed by atoms with E-state index in [4.69, 9.17) is 4.74 Å². The van der Waals surface area contributed by atoms with Crippen molar-refractivity contribution >= 4 is 22.7 Å². The van der Waals surface area contributed by atoms with Crippen molar-refractivity contribution in [2.45, 2.75) is 13.5 Å². The van der Waals surface area contributed by atoms with Crippen LogP contribution in [0.4, 0.5) is 5.69 Å². The number of nitrogens with zero attached hydrogens (tertiary/aromatic N) is 3. The molecule has 7 heteroatoms. The third-order valence-electron chi connectivity index (χ3n) is 3.50. The second-order valence-electron chi connectivity index (χ2n) is 5.09. The number of hydrogen-bond donors (Lipinski definition) is 0. The Bertz CT molecular complexity index is 940. The maximum Gasteiger partial charge on any atom is 0.345 e. The number of rotatable bonds is 4. The Morgan fingerprint density at radius 1 is 1.08 bits per heavy atom. The lowest BCUT2D eigenvalue weighted by Crippen LogP contribution is -2.10. The van der Waals surface area contributed by atoms with E-state index in [0.717, 1.165) is 5.52 Å². The van der Waals surface area contributed by atoms with Crippen LogP contribution in [0.1, 0.15) is 21.7 Å². The molecule has 0 saturated carbocycles. The first-order chi connectivity index (χ1) is 11.6. The van der Waals surface area contributed by atoms with E-state index < -0.39 is 10.9 Å². The van der Waals surface area contributed by atoms with Gasteiger partial charge >= 0.3 is 5.97 Å². The van der Waals surface area contributed by atoms with Gasteiger partial charge < -0.3 is 4.74 Å². The minimum atomic E-state index is -0.767. The van der Waals surface area contributed by atoms with Crippen LogP contribution in [0.25, 0.3) is 11.0 Å². The standard InChI is InChI=1S/C17H13N3O4/c1-11-15(19-14-8-4-3-7-13(14)18-11)10-24-17(21)12-6-2-5-9-16(12)20(22)23/h2-9H,10H2,1H3. The molecule has 7 nitrogen and oxygen atoms in total. The Morgan fingerprint density at radius 3 is 2.42 bits per heavy atom. The summed E-state index contributed by atoms with van der Waals surface area (Å²) in [6, 6.07) is 13.0. The van der Waals surface area contributed by atoms with Gasteiger partial charge in [-0.1, -0.05) is 24.3 Å². The maximum atomic E-state index is 12.1. The Kier molecular flexibility index (Phi) is 4.15. The van der Waals surface area contributed by atoms with Gasteiger partial charge in [-0.3, -0.25) is 10.1 Å². The van der Waals surface area contributed by atoms with Gasteiger partial charge in [0.25, 0.3) is 5.69 Å². The number of fused-ring (bicyclic) bond motifs is 1. The monoisotopic (exact) mass is 323 g/mol. The molecule has 1 heterocycles. The minimum Gasteiger partial charge on any atom is -0.455 e. The summed E-state index contributed by atoms with van der Waals surface area (Å²) in [6.07, 6.45) is 0. The number of esters is 1. The van der Waals surface area contributed by atoms with Crippen LogP contribution in [0, 0.1) is 17.0 Å². The molecular formula is C17H13N3O4. The van der Waals surface area contributed by atoms with Crippen molar-refractivity contribution in [3.05, 3.63) is 75.6 Å². The molecule has 24 heavy (non-hydrogen) atoms. The second-order valence-corrected chi connectivity index (χ2v) is 5.09. The fourth-order valence-corrected chi connectivity index (χ4v) is 2.28. The first-order valence-corrected chi connectivity index (χ1v) is 7.19. The SMILES string of the molecule is Cc1nc2ccccc2nc1COC(=O)c1ccccc1[N+](=O)[O-]. The number of ether oxygens (including phenoxy) is 1. The van der Waals surface area contributed by atoms with Crippen LogP contribution < -0.4 is 0 Å². The van der Waals surface area contributed by atoms with Gasteiger partial charge in [0.05, 0.1) is 27.3 Å². The van der Waals surface area contributed by atoms with Crippen LogP contribution in [0.15, 0.2) is 48.5 Å². The van der Waals surface area contributed by atoms with Crippen molar-refractivity contribution in [3.8, 4) is 0 Å². The van der Waals surface area contributed by atoms with Crippen LogP contribution in [0.5, 0.6) is 0 Å². The highest BCUT2D eigenvalue weighted by Crippen LogP contribution is 2.19. The molecule has 0 saturated heterocycles. The van der Waals surface area contributed by atoms with Crippen molar-refractivity contribution in [2.75, 3.05) is 0 Å². The highest BCUT2D eigenvalue weighted by molar-refractivity contribution is 5.93. The quantitative estimate of drug-likeness (QED) is 0.415. The largest absolute Gasteiger partial charge is 0.455 e. The lowest BCUT2D eigenvalue weighted by Gasteiger charge is -2.08. The van der Waals surface area contributed by atoms with Crippen molar-refractivity contribution in [1.29, 1.82) is 0 Å². The molecule has 0 bridgehead atoms. The molecular weight excluding hydrogens is 310 g/mol. The Morgan fingerprint density at radius 2 is 1.71 bits per heavy atom. The summed E-state index contributed by atoms with van der Waals surface area (Å²) in [5.74, 6) is -0.767. The van der Waals surface area contributed by atoms with E-state index in [9.17, 15) is 14.9 Å². The highest BCUT2D eigenvalue weighted by atomic mass is 16.6. The van der Waals surface area contributed by atoms with E-state index in [0.29, 0.717) is 16.9 Å². The maximum absolute atomic E-state index is 12.1. The number of benzene rings is 2. The molecule has 0 spiro atoms. The summed E-state index contributed by atoms with van der Waals surface area (Å²) in [4.78, 5) is 31.3. The Balaban J connectivity index is 1.82. The average Bonchev–Trinajstić information content (AvgIpc) is 2.59. The molecule has 0 atom stereocenters. The summed E-state index contributed by atoms with van der Waals surface area (Å²) >= 11 is 0. The molecule has 3 rings (SSSR count). The van der Waals surface area contributed by atoms with E-state index >= 15 is 0 Å². The number of aryl methyl sites for hydroxylation is 1. The van der Waals surface area contributed by atoms with Gasteiger partial charge in [-0.2, -0.15) is 0 Å². The summed E-state index contributed by atoms with van der Waals surface area (Å²) in [6.45, 7) is 1.67. The zero-order valence-corrected chi connectivity index (χ0v) is 12.8. The molecule has 1 aromatic heterocycles. The Labute approximate surface area is 137 Å². The number of carbonyl (C=O) groups is 1. The lowest BCUT2D eigenvalue weighted by molar-refractivity contribution is -0.385. The molecule has 0 aliphatic heterocycles. The molecule has 0 fully saturated rings. The molecule has 0 N–H and O–H groups in total. The van der Waals surface area contributed by atoms with Gasteiger partial charge in [0, 0.05) is 6.07 Å². The Hall–Kier alpha value is -3.35. The summed E-state index contributed by atoms with van der Waals surface area (Å²) in [7, 11) is 0. The van der Waals surface area contributed by atoms with Gasteiger partial charge in [0.15, 0.2) is 0 Å². The number of hydrogen-bond acceptors (Lipinski definition) is 6. The average molecular weight is 323 g/mol. The smallest absolute Gasteiger partial charge is 0.345 e. The second kappa shape index (κ2) is 6.41. The molecule has 0 aliphatic rings. The topological polar surface area (TPSA) is 95.2 Å². The third kappa shape index (κ3) is 3.05. The molecule has 0 aliphatic carbocycles. The molecule has 2 aromatic carbocycles. The van der Waals surface area contributed by atoms with Gasteiger partial charge in [-0.25, -0.2) is 14.8 Å². The van der Waals surface area contributed by atoms with E-state index in [1.54, 1.807) is 13.0 Å². The molecule has 120 valence electrons. The van der Waals surface area contributed by atoms with Gasteiger partial charge in [-0.05, 0) is 25.1 Å². The fraction of sp³-hybridized carbons (Fsp3) is 0.118. The van der Waals surface area contributed by atoms with E-state index in [2.05, 4.69) is 9.97 Å². The number of para-hydroxylation sites is 3. The summed E-state index contributed by atoms with van der Waals surface area (Å²) in [5, 5.41) is 11.0. The van der Waals surface area contributed by atoms with Crippen LogP contribution in [0.2, 0.25) is 0 Å². The highest BCUT2D eigenvalue weighted by Gasteiger charge is 2.21. The van der Waals surface area contributed by atoms with Gasteiger partial charge in [0.2, 0.25) is 0 Å². The number of carbonyl (C=O) groups excluding carboxylic acids is 1. The first kappa shape index (κ1) is 15.5. The van der Waals surface area contributed by atoms with Crippen LogP contribution in [0.3, 0.4) is 0 Å². The van der Waals surface area contributed by atoms with E-state index in [1.165, 1.54) is 18.2 Å². The predicted octanol–water partition coefficient (Wildman–Crippen LogP) is 3.20. The van der Waals surface area contributed by atoms with Crippen LogP contribution >= 0.6 is 0 Å². The van der Waals surface area contributed by atoms with Gasteiger partial charge in [0.1, 0.15) is 12.2 Å². The normalized spacial score (nSPS) is 10.5. The number of nitro benzene ring substituents is 1. The van der Waals surface area contributed by atoms with E-state index in [1.807, 2.05) is 24.3 Å². The number of nitro groups is 1. The molecule has 0 unspecified atom stereocenters. The molecule has 0 amide bonds. The zero-order valence-electron chi connectivity index (χ0n) is 12.8. The minimum absolute atomic E-state index is 0.0890. The van der Waals surface area contributed by atoms with Crippen molar-refractivity contribution in [1.82, 2.24) is 9.97 Å². The van der Waals surface area contributed by atoms with E-state index in [-0.39, 0.29) is 17.9 Å². The predicted molar refractivity (Wildman–Crippen MR) is 86.5 cm³/mol. The van der Waals surface area contributed by atoms with Crippen LogP contribution in [-0.2, 0) is 11.3 Å². The number of aromatic nitrogens is 2. The van der Waals surface area contributed by atoms with Crippen molar-refractivity contribution in [3.63, 3.8) is 0 Å². The van der Waals surface area contributed by atoms with Crippen LogP contribution in [-0.4, -0.2) is 20.9 Å². The fourth-order valence-electron chi connectivity index (χ4n) is 2.28. The molecule has 0 radical (unpaired) electrons.